The van der Waals surface area contributed by atoms with E-state index in [1.165, 1.54) is 11.8 Å². The monoisotopic (exact) mass is 398 g/mol. The summed E-state index contributed by atoms with van der Waals surface area (Å²) in [6, 6.07) is 11.2. The molecule has 0 bridgehead atoms. The molecule has 0 atom stereocenters. The normalized spacial score (nSPS) is 18.6. The molecule has 1 aliphatic heterocycles. The van der Waals surface area contributed by atoms with E-state index in [-0.39, 0.29) is 11.5 Å². The number of nitrogens with one attached hydrogen (secondary N) is 1. The second-order valence-corrected chi connectivity index (χ2v) is 8.12. The van der Waals surface area contributed by atoms with Crippen LogP contribution in [0.2, 0.25) is 5.02 Å². The number of nitrogens with two attached hydrogens (primary N) is 1. The van der Waals surface area contributed by atoms with Crippen molar-refractivity contribution in [2.24, 2.45) is 11.1 Å². The Bertz CT molecular complexity index is 899. The molecule has 1 saturated carbocycles. The number of thioether (sulfide) groups is 1. The van der Waals surface area contributed by atoms with Crippen LogP contribution in [0.1, 0.15) is 42.5 Å². The van der Waals surface area contributed by atoms with E-state index in [1.54, 1.807) is 24.3 Å². The maximum Gasteiger partial charge on any atom is 0.173 e. The number of benzene rings is 1. The van der Waals surface area contributed by atoms with Gasteiger partial charge in [0.05, 0.1) is 34.1 Å². The molecule has 27 heavy (non-hydrogen) atoms. The van der Waals surface area contributed by atoms with Crippen LogP contribution in [0, 0.1) is 28.1 Å². The van der Waals surface area contributed by atoms with Gasteiger partial charge in [-0.2, -0.15) is 10.5 Å². The predicted molar refractivity (Wildman–Crippen MR) is 106 cm³/mol. The van der Waals surface area contributed by atoms with Crippen LogP contribution in [0.15, 0.2) is 46.3 Å². The van der Waals surface area contributed by atoms with E-state index in [2.05, 4.69) is 17.5 Å². The number of ketones is 1. The zero-order valence-electron chi connectivity index (χ0n) is 14.7. The molecule has 1 aliphatic carbocycles. The Hall–Kier alpha value is -2.41. The van der Waals surface area contributed by atoms with Crippen LogP contribution in [0.4, 0.5) is 0 Å². The molecule has 0 saturated heterocycles. The number of carbonyl (C=O) groups excluding carboxylic acids is 1. The third-order valence-corrected chi connectivity index (χ3v) is 6.40. The Balaban J connectivity index is 1.87. The predicted octanol–water partition coefficient (Wildman–Crippen LogP) is 4.24. The minimum absolute atomic E-state index is 0.0606. The third kappa shape index (κ3) is 3.69. The highest BCUT2D eigenvalue weighted by atomic mass is 35.5. The van der Waals surface area contributed by atoms with Crippen LogP contribution in [0.25, 0.3) is 0 Å². The summed E-state index contributed by atoms with van der Waals surface area (Å²) in [6.45, 7) is 0. The van der Waals surface area contributed by atoms with Crippen LogP contribution in [-0.4, -0.2) is 11.5 Å². The van der Waals surface area contributed by atoms with Gasteiger partial charge < -0.3 is 11.1 Å². The van der Waals surface area contributed by atoms with Crippen LogP contribution >= 0.6 is 23.4 Å². The van der Waals surface area contributed by atoms with Gasteiger partial charge in [-0.05, 0) is 37.1 Å². The number of rotatable bonds is 4. The van der Waals surface area contributed by atoms with Crippen LogP contribution in [0.3, 0.4) is 0 Å². The highest BCUT2D eigenvalue weighted by Crippen LogP contribution is 2.51. The van der Waals surface area contributed by atoms with Crippen molar-refractivity contribution in [2.75, 3.05) is 5.75 Å². The van der Waals surface area contributed by atoms with E-state index in [0.717, 1.165) is 32.1 Å². The standard InChI is InChI=1S/C20H19ClN4OS/c21-14-6-4-13(5-7-14)17(26)12-27-19-16(11-23)20(8-2-1-3-9-20)15(10-22)18(24)25-19/h4-7,25H,1-3,8-9,12,24H2. The number of halogens is 1. The van der Waals surface area contributed by atoms with Crippen molar-refractivity contribution in [1.82, 2.24) is 5.32 Å². The molecule has 1 fully saturated rings. The summed E-state index contributed by atoms with van der Waals surface area (Å²) in [4.78, 5) is 12.5. The van der Waals surface area contributed by atoms with Crippen molar-refractivity contribution < 1.29 is 4.79 Å². The summed E-state index contributed by atoms with van der Waals surface area (Å²) in [5.41, 5.74) is 7.05. The number of hydrogen-bond acceptors (Lipinski definition) is 6. The molecule has 0 amide bonds. The quantitative estimate of drug-likeness (QED) is 0.735. The first-order valence-electron chi connectivity index (χ1n) is 8.75. The van der Waals surface area contributed by atoms with Gasteiger partial charge in [-0.25, -0.2) is 0 Å². The molecule has 2 aliphatic rings. The second kappa shape index (κ2) is 8.08. The molecule has 7 heteroatoms. The average Bonchev–Trinajstić information content (AvgIpc) is 2.67. The molecule has 3 N–H and O–H groups in total. The van der Waals surface area contributed by atoms with Crippen molar-refractivity contribution in [1.29, 1.82) is 10.5 Å². The molecule has 0 radical (unpaired) electrons. The molecule has 5 nitrogen and oxygen atoms in total. The number of dihydropyridines is 1. The fourth-order valence-electron chi connectivity index (χ4n) is 3.79. The van der Waals surface area contributed by atoms with Crippen LogP contribution < -0.4 is 11.1 Å². The van der Waals surface area contributed by atoms with E-state index in [1.807, 2.05) is 0 Å². The minimum atomic E-state index is -0.622. The first kappa shape index (κ1) is 19.4. The van der Waals surface area contributed by atoms with Gasteiger partial charge in [0.25, 0.3) is 0 Å². The summed E-state index contributed by atoms with van der Waals surface area (Å²) in [5, 5.41) is 23.6. The summed E-state index contributed by atoms with van der Waals surface area (Å²) >= 11 is 7.12. The van der Waals surface area contributed by atoms with Crippen molar-refractivity contribution >= 4 is 29.1 Å². The molecule has 0 aromatic heterocycles. The van der Waals surface area contributed by atoms with Gasteiger partial charge in [0.2, 0.25) is 0 Å². The zero-order valence-corrected chi connectivity index (χ0v) is 16.3. The van der Waals surface area contributed by atoms with E-state index >= 15 is 0 Å². The second-order valence-electron chi connectivity index (χ2n) is 6.70. The Morgan fingerprint density at radius 1 is 1.15 bits per heavy atom. The van der Waals surface area contributed by atoms with Gasteiger partial charge in [-0.15, -0.1) is 0 Å². The molecule has 3 rings (SSSR count). The summed E-state index contributed by atoms with van der Waals surface area (Å²) in [5.74, 6) is 0.398. The Morgan fingerprint density at radius 3 is 2.37 bits per heavy atom. The average molecular weight is 399 g/mol. The zero-order chi connectivity index (χ0) is 19.4. The van der Waals surface area contributed by atoms with Crippen molar-refractivity contribution in [3.63, 3.8) is 0 Å². The first-order chi connectivity index (χ1) is 13.0. The van der Waals surface area contributed by atoms with Crippen molar-refractivity contribution in [3.05, 3.63) is 56.8 Å². The maximum absolute atomic E-state index is 12.5. The largest absolute Gasteiger partial charge is 0.384 e. The number of allylic oxidation sites excluding steroid dienone is 2. The Morgan fingerprint density at radius 2 is 1.78 bits per heavy atom. The van der Waals surface area contributed by atoms with Gasteiger partial charge in [0.1, 0.15) is 5.82 Å². The number of nitriles is 2. The minimum Gasteiger partial charge on any atom is -0.384 e. The van der Waals surface area contributed by atoms with Gasteiger partial charge in [-0.1, -0.05) is 42.6 Å². The fourth-order valence-corrected chi connectivity index (χ4v) is 4.93. The number of carbonyl (C=O) groups is 1. The lowest BCUT2D eigenvalue weighted by Crippen LogP contribution is -2.39. The fraction of sp³-hybridized carbons (Fsp3) is 0.350. The molecule has 138 valence electrons. The number of hydrogen-bond donors (Lipinski definition) is 2. The summed E-state index contributed by atoms with van der Waals surface area (Å²) < 4.78 is 0. The molecule has 0 unspecified atom stereocenters. The van der Waals surface area contributed by atoms with Crippen LogP contribution in [0.5, 0.6) is 0 Å². The van der Waals surface area contributed by atoms with Crippen molar-refractivity contribution in [2.45, 2.75) is 32.1 Å². The van der Waals surface area contributed by atoms with Gasteiger partial charge in [0.15, 0.2) is 5.78 Å². The molecule has 1 spiro atoms. The van der Waals surface area contributed by atoms with Crippen molar-refractivity contribution in [3.8, 4) is 12.1 Å². The summed E-state index contributed by atoms with van der Waals surface area (Å²) in [7, 11) is 0. The number of Topliss-reactive ketones (excluding diaryl/α,β-unsaturated/α-hetero) is 1. The van der Waals surface area contributed by atoms with Crippen LogP contribution in [-0.2, 0) is 0 Å². The highest BCUT2D eigenvalue weighted by Gasteiger charge is 2.45. The summed E-state index contributed by atoms with van der Waals surface area (Å²) in [6.07, 6.45) is 4.45. The smallest absolute Gasteiger partial charge is 0.173 e. The lowest BCUT2D eigenvalue weighted by molar-refractivity contribution is 0.102. The Labute approximate surface area is 167 Å². The SMILES string of the molecule is N#CC1=C(N)NC(SCC(=O)c2ccc(Cl)cc2)=C(C#N)C12CCCCC2. The molecular formula is C20H19ClN4OS. The first-order valence-corrected chi connectivity index (χ1v) is 10.1. The van der Waals surface area contributed by atoms with Gasteiger partial charge >= 0.3 is 0 Å². The third-order valence-electron chi connectivity index (χ3n) is 5.15. The molecule has 1 heterocycles. The lowest BCUT2D eigenvalue weighted by atomic mass is 9.64. The highest BCUT2D eigenvalue weighted by molar-refractivity contribution is 8.03. The number of nitrogens with zero attached hydrogens (tertiary/aromatic N) is 2. The lowest BCUT2D eigenvalue weighted by Gasteiger charge is -2.40. The molecule has 1 aromatic carbocycles. The maximum atomic E-state index is 12.5. The van der Waals surface area contributed by atoms with E-state index < -0.39 is 5.41 Å². The Kier molecular flexibility index (Phi) is 5.79. The molecular weight excluding hydrogens is 380 g/mol. The van der Waals surface area contributed by atoms with Gasteiger partial charge in [-0.3, -0.25) is 4.79 Å². The van der Waals surface area contributed by atoms with E-state index in [4.69, 9.17) is 17.3 Å². The van der Waals surface area contributed by atoms with E-state index in [9.17, 15) is 15.3 Å². The van der Waals surface area contributed by atoms with E-state index in [0.29, 0.717) is 32.6 Å². The van der Waals surface area contributed by atoms with Gasteiger partial charge in [0, 0.05) is 16.0 Å². The molecule has 1 aromatic rings. The topological polar surface area (TPSA) is 103 Å².